The van der Waals surface area contributed by atoms with Crippen molar-refractivity contribution in [1.29, 1.82) is 0 Å². The molecule has 2 rings (SSSR count). The molecule has 2 N–H and O–H groups in total. The van der Waals surface area contributed by atoms with Crippen molar-refractivity contribution in [1.82, 2.24) is 19.9 Å². The summed E-state index contributed by atoms with van der Waals surface area (Å²) in [5.74, 6) is 0.957. The van der Waals surface area contributed by atoms with Crippen LogP contribution in [-0.2, 0) is 16.6 Å². The van der Waals surface area contributed by atoms with E-state index in [0.717, 1.165) is 5.56 Å². The zero-order chi connectivity index (χ0) is 20.1. The maximum Gasteiger partial charge on any atom is 0.511 e. The van der Waals surface area contributed by atoms with E-state index in [9.17, 15) is 21.6 Å². The highest BCUT2D eigenvalue weighted by molar-refractivity contribution is 14.0. The molecule has 1 saturated heterocycles. The Kier molecular flexibility index (Phi) is 9.20. The fourth-order valence-electron chi connectivity index (χ4n) is 2.63. The number of nitrogens with one attached hydrogen (secondary N) is 2. The molecule has 160 valence electrons. The molecule has 0 atom stereocenters. The lowest BCUT2D eigenvalue weighted by molar-refractivity contribution is -0.0494. The number of rotatable bonds is 5. The van der Waals surface area contributed by atoms with E-state index in [4.69, 9.17) is 4.74 Å². The maximum absolute atomic E-state index is 12.6. The predicted molar refractivity (Wildman–Crippen MR) is 109 cm³/mol. The van der Waals surface area contributed by atoms with Crippen LogP contribution >= 0.6 is 24.0 Å². The standard InChI is InChI=1S/C15H22F3N5O3S.HI/c1-19-14(21-10-11-3-6-20-13(9-11)26-2)22-12-4-7-23(8-5-12)27(24,25)15(16,17)18;/h3,6,9,12H,4-5,7-8,10H2,1-2H3,(H2,19,21,22);1H. The highest BCUT2D eigenvalue weighted by Gasteiger charge is 2.50. The third-order valence-corrected chi connectivity index (χ3v) is 5.75. The molecule has 28 heavy (non-hydrogen) atoms. The minimum Gasteiger partial charge on any atom is -0.481 e. The molecule has 0 aromatic carbocycles. The Balaban J connectivity index is 0.00000392. The van der Waals surface area contributed by atoms with Crippen molar-refractivity contribution in [3.8, 4) is 5.88 Å². The summed E-state index contributed by atoms with van der Waals surface area (Å²) < 4.78 is 66.2. The summed E-state index contributed by atoms with van der Waals surface area (Å²) in [5.41, 5.74) is -4.35. The van der Waals surface area contributed by atoms with Crippen LogP contribution in [0.15, 0.2) is 23.3 Å². The van der Waals surface area contributed by atoms with E-state index in [2.05, 4.69) is 20.6 Å². The molecule has 1 aliphatic rings. The van der Waals surface area contributed by atoms with Gasteiger partial charge in [0.2, 0.25) is 5.88 Å². The van der Waals surface area contributed by atoms with Crippen molar-refractivity contribution in [3.63, 3.8) is 0 Å². The molecule has 0 spiro atoms. The van der Waals surface area contributed by atoms with Gasteiger partial charge < -0.3 is 15.4 Å². The van der Waals surface area contributed by atoms with E-state index in [1.807, 2.05) is 6.07 Å². The van der Waals surface area contributed by atoms with Crippen LogP contribution in [0, 0.1) is 0 Å². The van der Waals surface area contributed by atoms with Gasteiger partial charge in [-0.05, 0) is 24.5 Å². The van der Waals surface area contributed by atoms with Crippen LogP contribution in [0.25, 0.3) is 0 Å². The molecule has 0 radical (unpaired) electrons. The Bertz CT molecular complexity index is 768. The van der Waals surface area contributed by atoms with Crippen LogP contribution < -0.4 is 15.4 Å². The minimum absolute atomic E-state index is 0. The van der Waals surface area contributed by atoms with E-state index < -0.39 is 15.5 Å². The lowest BCUT2D eigenvalue weighted by atomic mass is 10.1. The topological polar surface area (TPSA) is 95.9 Å². The molecule has 0 aliphatic carbocycles. The number of hydrogen-bond donors (Lipinski definition) is 2. The first-order valence-electron chi connectivity index (χ1n) is 8.20. The monoisotopic (exact) mass is 537 g/mol. The van der Waals surface area contributed by atoms with E-state index in [-0.39, 0.29) is 55.9 Å². The van der Waals surface area contributed by atoms with Crippen molar-refractivity contribution >= 4 is 40.0 Å². The number of aromatic nitrogens is 1. The average molecular weight is 537 g/mol. The second-order valence-corrected chi connectivity index (χ2v) is 7.83. The molecule has 1 fully saturated rings. The van der Waals surface area contributed by atoms with Gasteiger partial charge in [-0.2, -0.15) is 17.5 Å². The number of alkyl halides is 3. The van der Waals surface area contributed by atoms with Crippen molar-refractivity contribution in [2.75, 3.05) is 27.2 Å². The Labute approximate surface area is 179 Å². The van der Waals surface area contributed by atoms with Gasteiger partial charge in [0.25, 0.3) is 0 Å². The lowest BCUT2D eigenvalue weighted by Crippen LogP contribution is -2.51. The average Bonchev–Trinajstić information content (AvgIpc) is 2.64. The van der Waals surface area contributed by atoms with Crippen LogP contribution in [0.1, 0.15) is 18.4 Å². The van der Waals surface area contributed by atoms with E-state index in [1.165, 1.54) is 7.11 Å². The summed E-state index contributed by atoms with van der Waals surface area (Å²) in [5, 5.41) is 6.20. The molecule has 0 saturated carbocycles. The first-order valence-corrected chi connectivity index (χ1v) is 9.64. The second kappa shape index (κ2) is 10.4. The number of sulfonamides is 1. The van der Waals surface area contributed by atoms with Gasteiger partial charge in [0.15, 0.2) is 5.96 Å². The molecule has 2 heterocycles. The zero-order valence-corrected chi connectivity index (χ0v) is 18.5. The molecule has 0 amide bonds. The Morgan fingerprint density at radius 1 is 1.39 bits per heavy atom. The number of nitrogens with zero attached hydrogens (tertiary/aromatic N) is 3. The number of ether oxygens (including phenoxy) is 1. The number of halogens is 4. The Morgan fingerprint density at radius 3 is 2.57 bits per heavy atom. The highest BCUT2D eigenvalue weighted by Crippen LogP contribution is 2.28. The number of hydrogen-bond acceptors (Lipinski definition) is 5. The lowest BCUT2D eigenvalue weighted by Gasteiger charge is -2.32. The molecule has 0 bridgehead atoms. The van der Waals surface area contributed by atoms with Crippen molar-refractivity contribution < 1.29 is 26.3 Å². The van der Waals surface area contributed by atoms with Crippen LogP contribution in [0.5, 0.6) is 5.88 Å². The predicted octanol–water partition coefficient (Wildman–Crippen LogP) is 1.69. The Morgan fingerprint density at radius 2 is 2.04 bits per heavy atom. The quantitative estimate of drug-likeness (QED) is 0.338. The van der Waals surface area contributed by atoms with E-state index in [0.29, 0.717) is 22.7 Å². The van der Waals surface area contributed by atoms with Gasteiger partial charge >= 0.3 is 15.5 Å². The zero-order valence-electron chi connectivity index (χ0n) is 15.4. The van der Waals surface area contributed by atoms with Gasteiger partial charge in [-0.1, -0.05) is 0 Å². The summed E-state index contributed by atoms with van der Waals surface area (Å²) >= 11 is 0. The Hall–Kier alpha value is -1.35. The molecule has 1 aromatic rings. The molecular weight excluding hydrogens is 514 g/mol. The van der Waals surface area contributed by atoms with Crippen molar-refractivity contribution in [2.24, 2.45) is 4.99 Å². The van der Waals surface area contributed by atoms with Crippen LogP contribution in [-0.4, -0.2) is 62.5 Å². The van der Waals surface area contributed by atoms with Gasteiger partial charge in [0.1, 0.15) is 0 Å². The van der Waals surface area contributed by atoms with Gasteiger partial charge in [-0.25, -0.2) is 13.4 Å². The second-order valence-electron chi connectivity index (χ2n) is 5.90. The molecule has 13 heteroatoms. The number of pyridine rings is 1. The number of aliphatic imine (C=N–C) groups is 1. The maximum atomic E-state index is 12.6. The van der Waals surface area contributed by atoms with E-state index >= 15 is 0 Å². The molecule has 1 aliphatic heterocycles. The summed E-state index contributed by atoms with van der Waals surface area (Å²) in [7, 11) is -2.17. The van der Waals surface area contributed by atoms with Gasteiger partial charge in [-0.3, -0.25) is 4.99 Å². The fraction of sp³-hybridized carbons (Fsp3) is 0.600. The molecule has 8 nitrogen and oxygen atoms in total. The first kappa shape index (κ1) is 24.7. The van der Waals surface area contributed by atoms with Gasteiger partial charge in [0.05, 0.1) is 7.11 Å². The SMILES string of the molecule is CN=C(NCc1ccnc(OC)c1)NC1CCN(S(=O)(=O)C(F)(F)F)CC1.I. The highest BCUT2D eigenvalue weighted by atomic mass is 127. The van der Waals surface area contributed by atoms with Crippen molar-refractivity contribution in [3.05, 3.63) is 23.9 Å². The van der Waals surface area contributed by atoms with E-state index in [1.54, 1.807) is 19.3 Å². The van der Waals surface area contributed by atoms with Gasteiger partial charge in [0, 0.05) is 45.0 Å². The third kappa shape index (κ3) is 6.34. The third-order valence-electron chi connectivity index (χ3n) is 4.12. The summed E-state index contributed by atoms with van der Waals surface area (Å²) in [6, 6.07) is 3.40. The van der Waals surface area contributed by atoms with Crippen LogP contribution in [0.4, 0.5) is 13.2 Å². The molecule has 1 aromatic heterocycles. The number of methoxy groups -OCH3 is 1. The summed E-state index contributed by atoms with van der Waals surface area (Å²) in [6.07, 6.45) is 2.11. The molecular formula is C15H23F3IN5O3S. The first-order chi connectivity index (χ1) is 12.7. The number of piperidine rings is 1. The minimum atomic E-state index is -5.27. The normalized spacial score (nSPS) is 17.0. The van der Waals surface area contributed by atoms with Crippen molar-refractivity contribution in [2.45, 2.75) is 30.9 Å². The fourth-order valence-corrected chi connectivity index (χ4v) is 3.62. The molecule has 0 unspecified atom stereocenters. The summed E-state index contributed by atoms with van der Waals surface area (Å²) in [4.78, 5) is 8.10. The smallest absolute Gasteiger partial charge is 0.481 e. The summed E-state index contributed by atoms with van der Waals surface area (Å²) in [6.45, 7) is 0.0516. The number of guanidine groups is 1. The van der Waals surface area contributed by atoms with Crippen LogP contribution in [0.3, 0.4) is 0 Å². The van der Waals surface area contributed by atoms with Gasteiger partial charge in [-0.15, -0.1) is 24.0 Å². The van der Waals surface area contributed by atoms with Crippen LogP contribution in [0.2, 0.25) is 0 Å². The largest absolute Gasteiger partial charge is 0.511 e.